The van der Waals surface area contributed by atoms with Crippen LogP contribution in [0, 0.1) is 6.92 Å². The molecule has 1 amide bonds. The average molecular weight is 430 g/mol. The molecule has 2 aromatic carbocycles. The summed E-state index contributed by atoms with van der Waals surface area (Å²) >= 11 is 0. The van der Waals surface area contributed by atoms with Crippen molar-refractivity contribution in [1.29, 1.82) is 0 Å². The second-order valence-electron chi connectivity index (χ2n) is 8.91. The minimum Gasteiger partial charge on any atom is -0.464 e. The maximum absolute atomic E-state index is 13.2. The number of anilines is 1. The standard InChI is InChI=1S/C27H31N3O2/c1-21-6-2-3-8-25(21)29-17-15-28(16-18-29)24-7-4-14-30(20-24)27(31)23-12-10-22(11-13-23)26-9-5-19-32-26/h2-3,5-6,8-13,19,24H,4,7,14-18,20H2,1H3/t24-/m0/s1. The van der Waals surface area contributed by atoms with E-state index in [1.165, 1.54) is 17.7 Å². The van der Waals surface area contributed by atoms with Crippen molar-refractivity contribution >= 4 is 11.6 Å². The summed E-state index contributed by atoms with van der Waals surface area (Å²) in [5, 5.41) is 0. The van der Waals surface area contributed by atoms with E-state index in [0.717, 1.165) is 62.6 Å². The first-order valence-electron chi connectivity index (χ1n) is 11.7. The first-order chi connectivity index (χ1) is 15.7. The number of benzene rings is 2. The summed E-state index contributed by atoms with van der Waals surface area (Å²) in [4.78, 5) is 20.3. The van der Waals surface area contributed by atoms with E-state index >= 15 is 0 Å². The zero-order valence-corrected chi connectivity index (χ0v) is 18.7. The monoisotopic (exact) mass is 429 g/mol. The highest BCUT2D eigenvalue weighted by atomic mass is 16.3. The predicted molar refractivity (Wildman–Crippen MR) is 128 cm³/mol. The van der Waals surface area contributed by atoms with Crippen molar-refractivity contribution in [2.45, 2.75) is 25.8 Å². The van der Waals surface area contributed by atoms with Crippen molar-refractivity contribution in [3.8, 4) is 11.3 Å². The molecule has 0 radical (unpaired) electrons. The predicted octanol–water partition coefficient (Wildman–Crippen LogP) is 4.68. The largest absolute Gasteiger partial charge is 0.464 e. The van der Waals surface area contributed by atoms with Crippen LogP contribution in [0.15, 0.2) is 71.3 Å². The van der Waals surface area contributed by atoms with Crippen LogP contribution in [0.2, 0.25) is 0 Å². The van der Waals surface area contributed by atoms with E-state index < -0.39 is 0 Å². The molecule has 32 heavy (non-hydrogen) atoms. The molecule has 5 heteroatoms. The molecule has 5 rings (SSSR count). The van der Waals surface area contributed by atoms with Gasteiger partial charge in [-0.2, -0.15) is 0 Å². The number of piperidine rings is 1. The van der Waals surface area contributed by atoms with E-state index in [1.807, 2.05) is 41.3 Å². The summed E-state index contributed by atoms with van der Waals surface area (Å²) in [6.07, 6.45) is 3.91. The Morgan fingerprint density at radius 3 is 2.41 bits per heavy atom. The van der Waals surface area contributed by atoms with Gasteiger partial charge in [0.1, 0.15) is 5.76 Å². The molecule has 2 aliphatic heterocycles. The van der Waals surface area contributed by atoms with Gasteiger partial charge in [-0.3, -0.25) is 9.69 Å². The molecule has 0 bridgehead atoms. The van der Waals surface area contributed by atoms with Crippen LogP contribution in [0.25, 0.3) is 11.3 Å². The van der Waals surface area contributed by atoms with Crippen LogP contribution in [-0.2, 0) is 0 Å². The third kappa shape index (κ3) is 4.30. The molecule has 1 atom stereocenters. The summed E-state index contributed by atoms with van der Waals surface area (Å²) in [6, 6.07) is 20.7. The number of aryl methyl sites for hydroxylation is 1. The van der Waals surface area contributed by atoms with Crippen LogP contribution >= 0.6 is 0 Å². The van der Waals surface area contributed by atoms with Gasteiger partial charge in [0.2, 0.25) is 0 Å². The van der Waals surface area contributed by atoms with E-state index in [4.69, 9.17) is 4.42 Å². The third-order valence-corrected chi connectivity index (χ3v) is 6.91. The molecule has 166 valence electrons. The van der Waals surface area contributed by atoms with Crippen molar-refractivity contribution in [3.05, 3.63) is 78.1 Å². The molecule has 0 aliphatic carbocycles. The van der Waals surface area contributed by atoms with Crippen molar-refractivity contribution in [3.63, 3.8) is 0 Å². The second kappa shape index (κ2) is 9.21. The summed E-state index contributed by atoms with van der Waals surface area (Å²) < 4.78 is 5.46. The van der Waals surface area contributed by atoms with E-state index in [1.54, 1.807) is 6.26 Å². The lowest BCUT2D eigenvalue weighted by molar-refractivity contribution is 0.0563. The molecule has 2 saturated heterocycles. The van der Waals surface area contributed by atoms with Gasteiger partial charge in [-0.1, -0.05) is 30.3 Å². The Balaban J connectivity index is 1.19. The molecule has 2 aliphatic rings. The number of hydrogen-bond donors (Lipinski definition) is 0. The van der Waals surface area contributed by atoms with Gasteiger partial charge in [0.25, 0.3) is 5.91 Å². The van der Waals surface area contributed by atoms with Crippen molar-refractivity contribution in [1.82, 2.24) is 9.80 Å². The van der Waals surface area contributed by atoms with Crippen LogP contribution < -0.4 is 4.90 Å². The summed E-state index contributed by atoms with van der Waals surface area (Å²) in [6.45, 7) is 8.06. The Kier molecular flexibility index (Phi) is 5.99. The van der Waals surface area contributed by atoms with Crippen LogP contribution in [0.5, 0.6) is 0 Å². The number of carbonyl (C=O) groups is 1. The van der Waals surface area contributed by atoms with Gasteiger partial charge in [-0.25, -0.2) is 0 Å². The smallest absolute Gasteiger partial charge is 0.253 e. The fourth-order valence-electron chi connectivity index (χ4n) is 5.09. The fourth-order valence-corrected chi connectivity index (χ4v) is 5.09. The maximum atomic E-state index is 13.2. The Morgan fingerprint density at radius 2 is 1.69 bits per heavy atom. The van der Waals surface area contributed by atoms with E-state index in [-0.39, 0.29) is 5.91 Å². The van der Waals surface area contributed by atoms with Gasteiger partial charge in [0, 0.05) is 62.1 Å². The van der Waals surface area contributed by atoms with E-state index in [9.17, 15) is 4.79 Å². The minimum absolute atomic E-state index is 0.138. The normalized spacial score (nSPS) is 19.8. The lowest BCUT2D eigenvalue weighted by atomic mass is 10.0. The van der Waals surface area contributed by atoms with Gasteiger partial charge < -0.3 is 14.2 Å². The molecule has 3 aromatic rings. The second-order valence-corrected chi connectivity index (χ2v) is 8.91. The number of nitrogens with zero attached hydrogens (tertiary/aromatic N) is 3. The van der Waals surface area contributed by atoms with Crippen LogP contribution in [0.3, 0.4) is 0 Å². The summed E-state index contributed by atoms with van der Waals surface area (Å²) in [7, 11) is 0. The molecule has 0 spiro atoms. The highest BCUT2D eigenvalue weighted by Gasteiger charge is 2.30. The van der Waals surface area contributed by atoms with Crippen molar-refractivity contribution in [2.75, 3.05) is 44.2 Å². The topological polar surface area (TPSA) is 39.9 Å². The lowest BCUT2D eigenvalue weighted by Gasteiger charge is -2.44. The van der Waals surface area contributed by atoms with E-state index in [0.29, 0.717) is 6.04 Å². The molecule has 2 fully saturated rings. The first kappa shape index (κ1) is 20.8. The van der Waals surface area contributed by atoms with Gasteiger partial charge in [0.15, 0.2) is 0 Å². The summed E-state index contributed by atoms with van der Waals surface area (Å²) in [5.41, 5.74) is 4.44. The molecule has 0 unspecified atom stereocenters. The number of likely N-dealkylation sites (tertiary alicyclic amines) is 1. The Morgan fingerprint density at radius 1 is 0.906 bits per heavy atom. The molecule has 3 heterocycles. The zero-order chi connectivity index (χ0) is 21.9. The SMILES string of the molecule is Cc1ccccc1N1CCN([C@H]2CCCN(C(=O)c3ccc(-c4ccco4)cc3)C2)CC1. The Hall–Kier alpha value is -3.05. The Labute approximate surface area is 190 Å². The maximum Gasteiger partial charge on any atom is 0.253 e. The van der Waals surface area contributed by atoms with E-state index in [2.05, 4.69) is 41.0 Å². The van der Waals surface area contributed by atoms with Gasteiger partial charge in [-0.15, -0.1) is 0 Å². The van der Waals surface area contributed by atoms with Crippen molar-refractivity contribution in [2.24, 2.45) is 0 Å². The van der Waals surface area contributed by atoms with Crippen LogP contribution in [-0.4, -0.2) is 61.0 Å². The van der Waals surface area contributed by atoms with Crippen molar-refractivity contribution < 1.29 is 9.21 Å². The molecule has 0 saturated carbocycles. The highest BCUT2D eigenvalue weighted by molar-refractivity contribution is 5.94. The number of amides is 1. The zero-order valence-electron chi connectivity index (χ0n) is 18.7. The minimum atomic E-state index is 0.138. The number of para-hydroxylation sites is 1. The lowest BCUT2D eigenvalue weighted by Crippen LogP contribution is -2.56. The number of carbonyl (C=O) groups excluding carboxylic acids is 1. The third-order valence-electron chi connectivity index (χ3n) is 6.91. The van der Waals surface area contributed by atoms with Gasteiger partial charge in [-0.05, 0) is 55.7 Å². The van der Waals surface area contributed by atoms with Crippen LogP contribution in [0.1, 0.15) is 28.8 Å². The van der Waals surface area contributed by atoms with Gasteiger partial charge in [0.05, 0.1) is 6.26 Å². The number of furan rings is 1. The first-order valence-corrected chi connectivity index (χ1v) is 11.7. The molecule has 5 nitrogen and oxygen atoms in total. The summed E-state index contributed by atoms with van der Waals surface area (Å²) in [5.74, 6) is 0.964. The fraction of sp³-hybridized carbons (Fsp3) is 0.370. The average Bonchev–Trinajstić information content (AvgIpc) is 3.39. The molecular weight excluding hydrogens is 398 g/mol. The number of rotatable bonds is 4. The van der Waals surface area contributed by atoms with Crippen LogP contribution in [0.4, 0.5) is 5.69 Å². The number of hydrogen-bond acceptors (Lipinski definition) is 4. The molecular formula is C27H31N3O2. The number of piperazine rings is 1. The quantitative estimate of drug-likeness (QED) is 0.604. The Bertz CT molecular complexity index is 1040. The molecule has 1 aromatic heterocycles. The van der Waals surface area contributed by atoms with Gasteiger partial charge >= 0.3 is 0 Å². The highest BCUT2D eigenvalue weighted by Crippen LogP contribution is 2.25. The molecule has 0 N–H and O–H groups in total.